The first-order valence-corrected chi connectivity index (χ1v) is 15.3. The molecule has 4 rings (SSSR count). The summed E-state index contributed by atoms with van der Waals surface area (Å²) in [6.07, 6.45) is 9.64. The van der Waals surface area contributed by atoms with E-state index in [1.807, 2.05) is 25.1 Å². The van der Waals surface area contributed by atoms with Crippen LogP contribution in [0.25, 0.3) is 0 Å². The van der Waals surface area contributed by atoms with Gasteiger partial charge in [-0.2, -0.15) is 0 Å². The topological polar surface area (TPSA) is 148 Å². The lowest BCUT2D eigenvalue weighted by molar-refractivity contribution is -0.147. The molecular weight excluding hydrogens is 524 g/mol. The molecule has 10 heteroatoms. The van der Waals surface area contributed by atoms with E-state index in [9.17, 15) is 24.0 Å². The molecule has 3 unspecified atom stereocenters. The molecule has 4 amide bonds. The van der Waals surface area contributed by atoms with E-state index in [0.29, 0.717) is 19.4 Å². The molecule has 0 radical (unpaired) electrons. The number of nitrogens with one attached hydrogen (secondary N) is 2. The third kappa shape index (κ3) is 7.86. The fourth-order valence-corrected chi connectivity index (χ4v) is 6.32. The van der Waals surface area contributed by atoms with E-state index in [-0.39, 0.29) is 37.1 Å². The summed E-state index contributed by atoms with van der Waals surface area (Å²) < 4.78 is 5.99. The van der Waals surface area contributed by atoms with Gasteiger partial charge in [0.25, 0.3) is 5.91 Å². The highest BCUT2D eigenvalue weighted by atomic mass is 16.5. The molecule has 4 N–H and O–H groups in total. The Kier molecular flexibility index (Phi) is 10.8. The van der Waals surface area contributed by atoms with Crippen molar-refractivity contribution in [1.29, 1.82) is 0 Å². The predicted molar refractivity (Wildman–Crippen MR) is 153 cm³/mol. The number of rotatable bonds is 7. The van der Waals surface area contributed by atoms with Gasteiger partial charge in [0.15, 0.2) is 0 Å². The van der Waals surface area contributed by atoms with Crippen molar-refractivity contribution in [2.45, 2.75) is 115 Å². The fourth-order valence-electron chi connectivity index (χ4n) is 6.32. The lowest BCUT2D eigenvalue weighted by atomic mass is 9.82. The summed E-state index contributed by atoms with van der Waals surface area (Å²) in [5.74, 6) is -2.20. The molecule has 3 bridgehead atoms. The largest absolute Gasteiger partial charge is 0.494 e. The van der Waals surface area contributed by atoms with E-state index in [1.165, 1.54) is 0 Å². The third-order valence-corrected chi connectivity index (χ3v) is 8.62. The van der Waals surface area contributed by atoms with E-state index in [0.717, 1.165) is 74.7 Å². The number of amides is 4. The summed E-state index contributed by atoms with van der Waals surface area (Å²) in [7, 11) is 0. The zero-order valence-corrected chi connectivity index (χ0v) is 24.1. The number of hydrogen-bond donors (Lipinski definition) is 3. The molecule has 1 aromatic carbocycles. The summed E-state index contributed by atoms with van der Waals surface area (Å²) in [5.41, 5.74) is 7.05. The van der Waals surface area contributed by atoms with Crippen molar-refractivity contribution >= 4 is 29.4 Å². The number of ether oxygens (including phenoxy) is 1. The summed E-state index contributed by atoms with van der Waals surface area (Å²) >= 11 is 0. The number of primary amides is 1. The number of nitrogens with two attached hydrogens (primary N) is 1. The number of ketones is 1. The van der Waals surface area contributed by atoms with Crippen LogP contribution in [0.1, 0.15) is 95.1 Å². The first kappa shape index (κ1) is 30.5. The molecule has 224 valence electrons. The SMILES string of the molecule is CCCC(NC(=O)C1Cc2ccc3cc2CN1C(=O)C(C1CCCCC1)NC(=O)CCCCCCO3)C(=O)C(N)=O. The van der Waals surface area contributed by atoms with Crippen LogP contribution in [0.15, 0.2) is 18.2 Å². The maximum atomic E-state index is 14.4. The smallest absolute Gasteiger partial charge is 0.287 e. The molecule has 1 aliphatic carbocycles. The molecule has 10 nitrogen and oxygen atoms in total. The molecule has 41 heavy (non-hydrogen) atoms. The summed E-state index contributed by atoms with van der Waals surface area (Å²) in [6, 6.07) is 3.04. The zero-order valence-electron chi connectivity index (χ0n) is 24.1. The van der Waals surface area contributed by atoms with Gasteiger partial charge in [0.05, 0.1) is 12.6 Å². The quantitative estimate of drug-likeness (QED) is 0.431. The van der Waals surface area contributed by atoms with Gasteiger partial charge in [-0.15, -0.1) is 0 Å². The predicted octanol–water partition coefficient (Wildman–Crippen LogP) is 2.69. The van der Waals surface area contributed by atoms with Gasteiger partial charge in [-0.3, -0.25) is 24.0 Å². The van der Waals surface area contributed by atoms with Crippen molar-refractivity contribution in [1.82, 2.24) is 15.5 Å². The van der Waals surface area contributed by atoms with E-state index < -0.39 is 35.7 Å². The van der Waals surface area contributed by atoms with Crippen LogP contribution in [0.4, 0.5) is 0 Å². The van der Waals surface area contributed by atoms with Crippen LogP contribution in [0.2, 0.25) is 0 Å². The van der Waals surface area contributed by atoms with Gasteiger partial charge in [-0.05, 0) is 61.3 Å². The highest BCUT2D eigenvalue weighted by Crippen LogP contribution is 2.32. The minimum absolute atomic E-state index is 0.0110. The second kappa shape index (κ2) is 14.5. The van der Waals surface area contributed by atoms with Gasteiger partial charge in [-0.25, -0.2) is 0 Å². The highest BCUT2D eigenvalue weighted by molar-refractivity contribution is 6.37. The Morgan fingerprint density at radius 2 is 1.78 bits per heavy atom. The summed E-state index contributed by atoms with van der Waals surface area (Å²) in [5, 5.41) is 5.78. The molecule has 2 aliphatic heterocycles. The maximum Gasteiger partial charge on any atom is 0.287 e. The maximum absolute atomic E-state index is 14.4. The lowest BCUT2D eigenvalue weighted by Gasteiger charge is -2.40. The second-order valence-corrected chi connectivity index (χ2v) is 11.7. The number of Topliss-reactive ketones (excluding diaryl/α,β-unsaturated/α-hetero) is 1. The van der Waals surface area contributed by atoms with Crippen molar-refractivity contribution in [2.24, 2.45) is 11.7 Å². The Bertz CT molecular complexity index is 1130. The van der Waals surface area contributed by atoms with Crippen LogP contribution in [-0.4, -0.2) is 59.0 Å². The van der Waals surface area contributed by atoms with Crippen LogP contribution in [0.3, 0.4) is 0 Å². The molecule has 1 aromatic rings. The van der Waals surface area contributed by atoms with Crippen LogP contribution in [-0.2, 0) is 36.9 Å². The van der Waals surface area contributed by atoms with Crippen LogP contribution >= 0.6 is 0 Å². The molecule has 0 saturated heterocycles. The minimum atomic E-state index is -1.11. The van der Waals surface area contributed by atoms with E-state index in [4.69, 9.17) is 10.5 Å². The molecular formula is C31H44N4O6. The summed E-state index contributed by atoms with van der Waals surface area (Å²) in [6.45, 7) is 2.58. The average Bonchev–Trinajstić information content (AvgIpc) is 2.97. The zero-order chi connectivity index (χ0) is 29.4. The fraction of sp³-hybridized carbons (Fsp3) is 0.645. The van der Waals surface area contributed by atoms with Gasteiger partial charge in [0.1, 0.15) is 17.8 Å². The van der Waals surface area contributed by atoms with Gasteiger partial charge in [0.2, 0.25) is 23.5 Å². The number of benzene rings is 1. The van der Waals surface area contributed by atoms with E-state index >= 15 is 0 Å². The van der Waals surface area contributed by atoms with Gasteiger partial charge in [-0.1, -0.05) is 51.5 Å². The van der Waals surface area contributed by atoms with Gasteiger partial charge >= 0.3 is 0 Å². The highest BCUT2D eigenvalue weighted by Gasteiger charge is 2.42. The minimum Gasteiger partial charge on any atom is -0.494 e. The molecule has 0 spiro atoms. The molecule has 0 aromatic heterocycles. The number of carbonyl (C=O) groups excluding carboxylic acids is 5. The molecule has 3 atom stereocenters. The Morgan fingerprint density at radius 3 is 2.51 bits per heavy atom. The van der Waals surface area contributed by atoms with Crippen molar-refractivity contribution in [3.05, 3.63) is 29.3 Å². The van der Waals surface area contributed by atoms with Crippen LogP contribution in [0.5, 0.6) is 5.75 Å². The van der Waals surface area contributed by atoms with Crippen molar-refractivity contribution in [3.8, 4) is 5.75 Å². The van der Waals surface area contributed by atoms with Gasteiger partial charge < -0.3 is 26.0 Å². The molecule has 1 fully saturated rings. The van der Waals surface area contributed by atoms with Crippen LogP contribution in [0, 0.1) is 5.92 Å². The first-order valence-electron chi connectivity index (χ1n) is 15.3. The number of fused-ring (bicyclic) bond motifs is 2. The monoisotopic (exact) mass is 568 g/mol. The van der Waals surface area contributed by atoms with E-state index in [1.54, 1.807) is 4.90 Å². The second-order valence-electron chi connectivity index (χ2n) is 11.7. The summed E-state index contributed by atoms with van der Waals surface area (Å²) in [4.78, 5) is 66.8. The Morgan fingerprint density at radius 1 is 1.05 bits per heavy atom. The van der Waals surface area contributed by atoms with Crippen molar-refractivity contribution in [3.63, 3.8) is 0 Å². The normalized spacial score (nSPS) is 23.3. The first-order chi connectivity index (χ1) is 19.8. The standard InChI is InChI=1S/C31H44N4O6/c1-2-10-24(28(37)29(32)38)33-30(39)25-18-21-14-15-23-17-22(21)19-35(25)31(40)27(20-11-6-5-7-12-20)34-26(36)13-8-3-4-9-16-41-23/h14-15,17,20,24-25,27H,2-13,16,18-19H2,1H3,(H2,32,38)(H,33,39)(H,34,36). The number of nitrogens with zero attached hydrogens (tertiary/aromatic N) is 1. The van der Waals surface area contributed by atoms with Gasteiger partial charge in [0, 0.05) is 19.4 Å². The number of hydrogen-bond acceptors (Lipinski definition) is 6. The molecule has 3 aliphatic rings. The Balaban J connectivity index is 1.69. The van der Waals surface area contributed by atoms with Crippen molar-refractivity contribution < 1.29 is 28.7 Å². The number of carbonyl (C=O) groups is 5. The van der Waals surface area contributed by atoms with Crippen LogP contribution < -0.4 is 21.1 Å². The lowest BCUT2D eigenvalue weighted by Crippen LogP contribution is -2.61. The molecule has 1 saturated carbocycles. The third-order valence-electron chi connectivity index (χ3n) is 8.62. The Hall–Kier alpha value is -3.43. The van der Waals surface area contributed by atoms with E-state index in [2.05, 4.69) is 10.6 Å². The van der Waals surface area contributed by atoms with Crippen molar-refractivity contribution in [2.75, 3.05) is 6.61 Å². The average molecular weight is 569 g/mol. The Labute approximate surface area is 242 Å². The molecule has 2 heterocycles.